The van der Waals surface area contributed by atoms with Crippen molar-refractivity contribution in [2.75, 3.05) is 19.6 Å². The summed E-state index contributed by atoms with van der Waals surface area (Å²) in [6.45, 7) is 2.87. The largest absolute Gasteiger partial charge is 0.481 e. The van der Waals surface area contributed by atoms with Crippen LogP contribution in [0.15, 0.2) is 10.6 Å². The molecule has 118 valence electrons. The van der Waals surface area contributed by atoms with Crippen LogP contribution in [-0.2, 0) is 9.59 Å². The van der Waals surface area contributed by atoms with Crippen molar-refractivity contribution >= 4 is 17.8 Å². The quantitative estimate of drug-likeness (QED) is 0.851. The van der Waals surface area contributed by atoms with E-state index in [1.54, 1.807) is 22.8 Å². The molecule has 2 aliphatic rings. The van der Waals surface area contributed by atoms with Gasteiger partial charge in [-0.05, 0) is 13.3 Å². The lowest BCUT2D eigenvalue weighted by Crippen LogP contribution is -2.40. The van der Waals surface area contributed by atoms with Gasteiger partial charge < -0.3 is 19.4 Å². The molecule has 3 heterocycles. The standard InChI is InChI=1S/C14H17N3O5/c1-8-4-11(15-22-8)13(19)16-3-2-10(7-16)17-6-9(14(20)21)5-12(17)18/h4,9-10H,2-3,5-7H2,1H3,(H,20,21). The van der Waals surface area contributed by atoms with Crippen LogP contribution in [-0.4, -0.2) is 63.5 Å². The van der Waals surface area contributed by atoms with Crippen LogP contribution in [0.4, 0.5) is 0 Å². The number of likely N-dealkylation sites (tertiary alicyclic amines) is 2. The number of carbonyl (C=O) groups is 3. The lowest BCUT2D eigenvalue weighted by Gasteiger charge is -2.24. The van der Waals surface area contributed by atoms with Crippen LogP contribution in [0.1, 0.15) is 29.1 Å². The summed E-state index contributed by atoms with van der Waals surface area (Å²) in [4.78, 5) is 38.5. The molecule has 8 nitrogen and oxygen atoms in total. The molecule has 1 aromatic rings. The summed E-state index contributed by atoms with van der Waals surface area (Å²) in [6, 6.07) is 1.46. The lowest BCUT2D eigenvalue weighted by atomic mass is 10.1. The number of carboxylic acid groups (broad SMARTS) is 1. The number of hydrogen-bond donors (Lipinski definition) is 1. The van der Waals surface area contributed by atoms with Gasteiger partial charge in [-0.3, -0.25) is 14.4 Å². The SMILES string of the molecule is Cc1cc(C(=O)N2CCC(N3CC(C(=O)O)CC3=O)C2)no1. The first-order valence-electron chi connectivity index (χ1n) is 7.20. The normalized spacial score (nSPS) is 25.0. The van der Waals surface area contributed by atoms with Gasteiger partial charge in [-0.15, -0.1) is 0 Å². The highest BCUT2D eigenvalue weighted by atomic mass is 16.5. The van der Waals surface area contributed by atoms with E-state index in [2.05, 4.69) is 5.16 Å². The predicted octanol–water partition coefficient (Wildman–Crippen LogP) is 0.131. The average Bonchev–Trinajstić information content (AvgIpc) is 3.16. The molecule has 8 heteroatoms. The summed E-state index contributed by atoms with van der Waals surface area (Å²) >= 11 is 0. The van der Waals surface area contributed by atoms with Crippen molar-refractivity contribution in [1.82, 2.24) is 15.0 Å². The summed E-state index contributed by atoms with van der Waals surface area (Å²) in [6.07, 6.45) is 0.697. The molecule has 1 aromatic heterocycles. The van der Waals surface area contributed by atoms with E-state index in [-0.39, 0.29) is 36.5 Å². The molecule has 0 aromatic carbocycles. The first-order chi connectivity index (χ1) is 10.5. The average molecular weight is 307 g/mol. The van der Waals surface area contributed by atoms with E-state index in [0.717, 1.165) is 0 Å². The van der Waals surface area contributed by atoms with E-state index in [0.29, 0.717) is 25.3 Å². The molecule has 0 spiro atoms. The topological polar surface area (TPSA) is 104 Å². The van der Waals surface area contributed by atoms with Gasteiger partial charge in [-0.1, -0.05) is 5.16 Å². The van der Waals surface area contributed by atoms with Crippen LogP contribution >= 0.6 is 0 Å². The van der Waals surface area contributed by atoms with Gasteiger partial charge >= 0.3 is 5.97 Å². The van der Waals surface area contributed by atoms with Crippen molar-refractivity contribution in [2.45, 2.75) is 25.8 Å². The van der Waals surface area contributed by atoms with Gasteiger partial charge in [-0.2, -0.15) is 0 Å². The van der Waals surface area contributed by atoms with Crippen molar-refractivity contribution in [3.8, 4) is 0 Å². The minimum atomic E-state index is -0.945. The Morgan fingerprint density at radius 2 is 2.18 bits per heavy atom. The molecule has 2 aliphatic heterocycles. The lowest BCUT2D eigenvalue weighted by molar-refractivity contribution is -0.141. The fourth-order valence-electron chi connectivity index (χ4n) is 3.06. The second-order valence-corrected chi connectivity index (χ2v) is 5.80. The molecule has 3 rings (SSSR count). The molecule has 2 fully saturated rings. The molecule has 0 radical (unpaired) electrons. The van der Waals surface area contributed by atoms with E-state index < -0.39 is 11.9 Å². The summed E-state index contributed by atoms with van der Waals surface area (Å²) in [5.74, 6) is -1.39. The van der Waals surface area contributed by atoms with E-state index in [9.17, 15) is 14.4 Å². The molecule has 2 atom stereocenters. The van der Waals surface area contributed by atoms with Gasteiger partial charge in [0.2, 0.25) is 5.91 Å². The van der Waals surface area contributed by atoms with Crippen molar-refractivity contribution in [2.24, 2.45) is 5.92 Å². The molecular weight excluding hydrogens is 290 g/mol. The highest BCUT2D eigenvalue weighted by Gasteiger charge is 2.41. The Morgan fingerprint density at radius 3 is 2.77 bits per heavy atom. The Balaban J connectivity index is 1.64. The van der Waals surface area contributed by atoms with Crippen LogP contribution in [0.5, 0.6) is 0 Å². The van der Waals surface area contributed by atoms with Crippen LogP contribution in [0, 0.1) is 12.8 Å². The number of aromatic nitrogens is 1. The number of carboxylic acids is 1. The molecule has 0 saturated carbocycles. The van der Waals surface area contributed by atoms with Gasteiger partial charge in [0, 0.05) is 32.1 Å². The summed E-state index contributed by atoms with van der Waals surface area (Å²) in [5, 5.41) is 12.7. The molecule has 1 N–H and O–H groups in total. The first kappa shape index (κ1) is 14.6. The second kappa shape index (κ2) is 5.43. The van der Waals surface area contributed by atoms with Gasteiger partial charge in [0.15, 0.2) is 5.69 Å². The van der Waals surface area contributed by atoms with Crippen LogP contribution < -0.4 is 0 Å². The van der Waals surface area contributed by atoms with Crippen molar-refractivity contribution in [1.29, 1.82) is 0 Å². The third-order valence-corrected chi connectivity index (χ3v) is 4.25. The highest BCUT2D eigenvalue weighted by molar-refractivity contribution is 5.92. The third kappa shape index (κ3) is 2.56. The van der Waals surface area contributed by atoms with Crippen molar-refractivity contribution in [3.05, 3.63) is 17.5 Å². The van der Waals surface area contributed by atoms with E-state index in [1.807, 2.05) is 0 Å². The fourth-order valence-corrected chi connectivity index (χ4v) is 3.06. The zero-order chi connectivity index (χ0) is 15.9. The number of carbonyl (C=O) groups excluding carboxylic acids is 2. The van der Waals surface area contributed by atoms with Gasteiger partial charge in [-0.25, -0.2) is 0 Å². The van der Waals surface area contributed by atoms with Crippen LogP contribution in [0.25, 0.3) is 0 Å². The van der Waals surface area contributed by atoms with Gasteiger partial charge in [0.05, 0.1) is 12.0 Å². The summed E-state index contributed by atoms with van der Waals surface area (Å²) < 4.78 is 4.90. The maximum Gasteiger partial charge on any atom is 0.308 e. The Kier molecular flexibility index (Phi) is 3.59. The molecule has 0 aliphatic carbocycles. The maximum atomic E-state index is 12.3. The second-order valence-electron chi connectivity index (χ2n) is 5.80. The van der Waals surface area contributed by atoms with Gasteiger partial charge in [0.25, 0.3) is 5.91 Å². The third-order valence-electron chi connectivity index (χ3n) is 4.25. The fraction of sp³-hybridized carbons (Fsp3) is 0.571. The summed E-state index contributed by atoms with van der Waals surface area (Å²) in [7, 11) is 0. The molecule has 2 unspecified atom stereocenters. The van der Waals surface area contributed by atoms with Gasteiger partial charge in [0.1, 0.15) is 5.76 Å². The number of amides is 2. The number of aliphatic carboxylic acids is 1. The predicted molar refractivity (Wildman–Crippen MR) is 73.0 cm³/mol. The van der Waals surface area contributed by atoms with Crippen molar-refractivity contribution in [3.63, 3.8) is 0 Å². The zero-order valence-electron chi connectivity index (χ0n) is 12.2. The summed E-state index contributed by atoms with van der Waals surface area (Å²) in [5.41, 5.74) is 0.259. The first-order valence-corrected chi connectivity index (χ1v) is 7.20. The van der Waals surface area contributed by atoms with Crippen molar-refractivity contribution < 1.29 is 24.0 Å². The Bertz CT molecular complexity index is 626. The number of rotatable bonds is 3. The number of aryl methyl sites for hydroxylation is 1. The smallest absolute Gasteiger partial charge is 0.308 e. The molecule has 0 bridgehead atoms. The zero-order valence-corrected chi connectivity index (χ0v) is 12.2. The Labute approximate surface area is 126 Å². The monoisotopic (exact) mass is 307 g/mol. The minimum absolute atomic E-state index is 0.0439. The Morgan fingerprint density at radius 1 is 1.41 bits per heavy atom. The number of hydrogen-bond acceptors (Lipinski definition) is 5. The molecular formula is C14H17N3O5. The van der Waals surface area contributed by atoms with E-state index in [1.165, 1.54) is 0 Å². The number of nitrogens with zero attached hydrogens (tertiary/aromatic N) is 3. The Hall–Kier alpha value is -2.38. The molecule has 22 heavy (non-hydrogen) atoms. The van der Waals surface area contributed by atoms with E-state index in [4.69, 9.17) is 9.63 Å². The van der Waals surface area contributed by atoms with E-state index >= 15 is 0 Å². The molecule has 2 saturated heterocycles. The highest BCUT2D eigenvalue weighted by Crippen LogP contribution is 2.26. The maximum absolute atomic E-state index is 12.3. The molecule has 2 amide bonds. The van der Waals surface area contributed by atoms with Crippen LogP contribution in [0.3, 0.4) is 0 Å². The minimum Gasteiger partial charge on any atom is -0.481 e. The van der Waals surface area contributed by atoms with Crippen LogP contribution in [0.2, 0.25) is 0 Å².